The quantitative estimate of drug-likeness (QED) is 0.868. The first-order valence-corrected chi connectivity index (χ1v) is 7.79. The van der Waals surface area contributed by atoms with Gasteiger partial charge in [-0.2, -0.15) is 0 Å². The van der Waals surface area contributed by atoms with E-state index >= 15 is 0 Å². The monoisotopic (exact) mass is 275 g/mol. The Morgan fingerprint density at radius 1 is 1.35 bits per heavy atom. The van der Waals surface area contributed by atoms with Gasteiger partial charge in [-0.05, 0) is 42.4 Å². The van der Waals surface area contributed by atoms with E-state index in [2.05, 4.69) is 37.4 Å². The summed E-state index contributed by atoms with van der Waals surface area (Å²) in [6.45, 7) is 5.96. The van der Waals surface area contributed by atoms with Crippen molar-refractivity contribution in [3.8, 4) is 5.75 Å². The van der Waals surface area contributed by atoms with Crippen molar-refractivity contribution in [3.05, 3.63) is 29.3 Å². The van der Waals surface area contributed by atoms with E-state index in [9.17, 15) is 5.11 Å². The first-order chi connectivity index (χ1) is 9.57. The van der Waals surface area contributed by atoms with Crippen LogP contribution in [-0.4, -0.2) is 23.9 Å². The average molecular weight is 275 g/mol. The first-order valence-electron chi connectivity index (χ1n) is 7.79. The Hall–Kier alpha value is -1.06. The molecule has 2 aliphatic rings. The van der Waals surface area contributed by atoms with Gasteiger partial charge >= 0.3 is 0 Å². The summed E-state index contributed by atoms with van der Waals surface area (Å²) in [7, 11) is 0. The van der Waals surface area contributed by atoms with Gasteiger partial charge in [-0.15, -0.1) is 0 Å². The highest BCUT2D eigenvalue weighted by Gasteiger charge is 2.35. The minimum atomic E-state index is -0.465. The number of fused-ring (bicyclic) bond motifs is 1. The average Bonchev–Trinajstić information content (AvgIpc) is 2.84. The zero-order valence-electron chi connectivity index (χ0n) is 12.5. The van der Waals surface area contributed by atoms with Crippen molar-refractivity contribution in [2.45, 2.75) is 51.2 Å². The zero-order chi connectivity index (χ0) is 14.2. The van der Waals surface area contributed by atoms with Crippen LogP contribution in [0.25, 0.3) is 0 Å². The summed E-state index contributed by atoms with van der Waals surface area (Å²) in [4.78, 5) is 0. The largest absolute Gasteiger partial charge is 0.493 e. The Morgan fingerprint density at radius 2 is 2.15 bits per heavy atom. The minimum Gasteiger partial charge on any atom is -0.493 e. The van der Waals surface area contributed by atoms with E-state index in [0.717, 1.165) is 38.0 Å². The van der Waals surface area contributed by atoms with Crippen LogP contribution in [-0.2, 0) is 6.42 Å². The zero-order valence-corrected chi connectivity index (χ0v) is 12.5. The maximum atomic E-state index is 10.3. The molecule has 0 aromatic heterocycles. The third kappa shape index (κ3) is 2.70. The third-order valence-electron chi connectivity index (χ3n) is 4.67. The summed E-state index contributed by atoms with van der Waals surface area (Å²) in [6, 6.07) is 6.81. The van der Waals surface area contributed by atoms with Crippen molar-refractivity contribution in [1.82, 2.24) is 5.32 Å². The standard InChI is InChI=1S/C17H25NO2/c1-12(2)16(18-11-17(19)7-3-8-17)14-4-5-15-13(10-14)6-9-20-15/h4-5,10,12,16,18-19H,3,6-9,11H2,1-2H3. The lowest BCUT2D eigenvalue weighted by atomic mass is 9.80. The molecule has 1 aromatic rings. The molecular weight excluding hydrogens is 250 g/mol. The number of benzene rings is 1. The van der Waals surface area contributed by atoms with E-state index in [-0.39, 0.29) is 0 Å². The molecular formula is C17H25NO2. The molecule has 20 heavy (non-hydrogen) atoms. The summed E-state index contributed by atoms with van der Waals surface area (Å²) in [5, 5.41) is 13.8. The molecule has 3 heteroatoms. The molecule has 1 saturated carbocycles. The van der Waals surface area contributed by atoms with Crippen molar-refractivity contribution >= 4 is 0 Å². The van der Waals surface area contributed by atoms with Gasteiger partial charge < -0.3 is 15.2 Å². The summed E-state index contributed by atoms with van der Waals surface area (Å²) in [5.41, 5.74) is 2.16. The number of ether oxygens (including phenoxy) is 1. The molecule has 0 radical (unpaired) electrons. The third-order valence-corrected chi connectivity index (χ3v) is 4.67. The van der Waals surface area contributed by atoms with E-state index in [0.29, 0.717) is 18.5 Å². The Balaban J connectivity index is 1.73. The molecule has 1 fully saturated rings. The van der Waals surface area contributed by atoms with E-state index in [4.69, 9.17) is 4.74 Å². The second-order valence-electron chi connectivity index (χ2n) is 6.65. The van der Waals surface area contributed by atoms with Gasteiger partial charge in [0.1, 0.15) is 5.75 Å². The molecule has 110 valence electrons. The van der Waals surface area contributed by atoms with Crippen LogP contribution in [0, 0.1) is 5.92 Å². The van der Waals surface area contributed by atoms with Crippen molar-refractivity contribution < 1.29 is 9.84 Å². The van der Waals surface area contributed by atoms with Gasteiger partial charge in [-0.1, -0.05) is 26.0 Å². The van der Waals surface area contributed by atoms with E-state index in [1.165, 1.54) is 11.1 Å². The highest BCUT2D eigenvalue weighted by atomic mass is 16.5. The Kier molecular flexibility index (Phi) is 3.74. The van der Waals surface area contributed by atoms with Crippen LogP contribution in [0.2, 0.25) is 0 Å². The van der Waals surface area contributed by atoms with E-state index in [1.54, 1.807) is 0 Å². The van der Waals surface area contributed by atoms with Crippen LogP contribution in [0.5, 0.6) is 5.75 Å². The molecule has 1 aromatic carbocycles. The second kappa shape index (κ2) is 5.38. The smallest absolute Gasteiger partial charge is 0.122 e. The lowest BCUT2D eigenvalue weighted by Crippen LogP contribution is -2.47. The fraction of sp³-hybridized carbons (Fsp3) is 0.647. The maximum absolute atomic E-state index is 10.3. The molecule has 0 amide bonds. The molecule has 1 heterocycles. The van der Waals surface area contributed by atoms with Gasteiger partial charge in [0.15, 0.2) is 0 Å². The van der Waals surface area contributed by atoms with Gasteiger partial charge in [0, 0.05) is 19.0 Å². The van der Waals surface area contributed by atoms with Crippen LogP contribution in [0.3, 0.4) is 0 Å². The number of nitrogens with one attached hydrogen (secondary N) is 1. The van der Waals surface area contributed by atoms with Gasteiger partial charge in [-0.3, -0.25) is 0 Å². The summed E-state index contributed by atoms with van der Waals surface area (Å²) in [6.07, 6.45) is 4.03. The topological polar surface area (TPSA) is 41.5 Å². The molecule has 1 aliphatic heterocycles. The fourth-order valence-corrected chi connectivity index (χ4v) is 3.20. The number of rotatable bonds is 5. The first kappa shape index (κ1) is 13.9. The van der Waals surface area contributed by atoms with E-state index in [1.807, 2.05) is 0 Å². The molecule has 0 saturated heterocycles. The molecule has 1 unspecified atom stereocenters. The lowest BCUT2D eigenvalue weighted by molar-refractivity contribution is -0.0342. The molecule has 3 rings (SSSR count). The van der Waals surface area contributed by atoms with Gasteiger partial charge in [0.05, 0.1) is 12.2 Å². The van der Waals surface area contributed by atoms with Crippen LogP contribution in [0.4, 0.5) is 0 Å². The van der Waals surface area contributed by atoms with Crippen molar-refractivity contribution in [3.63, 3.8) is 0 Å². The minimum absolute atomic E-state index is 0.297. The molecule has 2 N–H and O–H groups in total. The highest BCUT2D eigenvalue weighted by molar-refractivity contribution is 5.41. The summed E-state index contributed by atoms with van der Waals surface area (Å²) >= 11 is 0. The molecule has 0 bridgehead atoms. The van der Waals surface area contributed by atoms with Gasteiger partial charge in [0.25, 0.3) is 0 Å². The predicted molar refractivity (Wildman–Crippen MR) is 80.0 cm³/mol. The Morgan fingerprint density at radius 3 is 2.80 bits per heavy atom. The summed E-state index contributed by atoms with van der Waals surface area (Å²) < 4.78 is 5.57. The SMILES string of the molecule is CC(C)C(NCC1(O)CCC1)c1ccc2c(c1)CCO2. The molecule has 1 aliphatic carbocycles. The number of aliphatic hydroxyl groups is 1. The van der Waals surface area contributed by atoms with Gasteiger partial charge in [0.2, 0.25) is 0 Å². The van der Waals surface area contributed by atoms with Crippen molar-refractivity contribution in [2.24, 2.45) is 5.92 Å². The number of hydrogen-bond donors (Lipinski definition) is 2. The lowest BCUT2D eigenvalue weighted by Gasteiger charge is -2.38. The van der Waals surface area contributed by atoms with Crippen LogP contribution in [0.15, 0.2) is 18.2 Å². The fourth-order valence-electron chi connectivity index (χ4n) is 3.20. The highest BCUT2D eigenvalue weighted by Crippen LogP contribution is 2.34. The maximum Gasteiger partial charge on any atom is 0.122 e. The summed E-state index contributed by atoms with van der Waals surface area (Å²) in [5.74, 6) is 1.54. The van der Waals surface area contributed by atoms with Crippen LogP contribution in [0.1, 0.15) is 50.3 Å². The Labute approximate surface area is 121 Å². The normalized spacial score (nSPS) is 21.2. The van der Waals surface area contributed by atoms with Crippen LogP contribution >= 0.6 is 0 Å². The van der Waals surface area contributed by atoms with Gasteiger partial charge in [-0.25, -0.2) is 0 Å². The van der Waals surface area contributed by atoms with Crippen molar-refractivity contribution in [1.29, 1.82) is 0 Å². The molecule has 3 nitrogen and oxygen atoms in total. The van der Waals surface area contributed by atoms with E-state index < -0.39 is 5.60 Å². The molecule has 0 spiro atoms. The number of hydrogen-bond acceptors (Lipinski definition) is 3. The van der Waals surface area contributed by atoms with Crippen LogP contribution < -0.4 is 10.1 Å². The predicted octanol–water partition coefficient (Wildman–Crippen LogP) is 2.82. The second-order valence-corrected chi connectivity index (χ2v) is 6.65. The Bertz CT molecular complexity index is 480. The molecule has 1 atom stereocenters. The van der Waals surface area contributed by atoms with Crippen molar-refractivity contribution in [2.75, 3.05) is 13.2 Å².